The summed E-state index contributed by atoms with van der Waals surface area (Å²) in [5.74, 6) is 0.877. The van der Waals surface area contributed by atoms with Gasteiger partial charge in [0.15, 0.2) is 11.2 Å². The molecule has 0 atom stereocenters. The summed E-state index contributed by atoms with van der Waals surface area (Å²) < 4.78 is 35.0. The van der Waals surface area contributed by atoms with Gasteiger partial charge in [-0.05, 0) is 49.9 Å². The number of hydrogen-bond acceptors (Lipinski definition) is 10. The van der Waals surface area contributed by atoms with Crippen molar-refractivity contribution >= 4 is 45.1 Å². The molecule has 4 aromatic rings. The average Bonchev–Trinajstić information content (AvgIpc) is 3.13. The Balaban J connectivity index is 1.19. The van der Waals surface area contributed by atoms with E-state index in [0.29, 0.717) is 92.6 Å². The quantitative estimate of drug-likeness (QED) is 0.0781. The van der Waals surface area contributed by atoms with Crippen molar-refractivity contribution in [1.29, 1.82) is 0 Å². The highest BCUT2D eigenvalue weighted by Crippen LogP contribution is 2.40. The topological polar surface area (TPSA) is 104 Å². The van der Waals surface area contributed by atoms with Gasteiger partial charge in [0.1, 0.15) is 21.5 Å². The number of morpholine rings is 2. The van der Waals surface area contributed by atoms with E-state index in [1.165, 1.54) is 0 Å². The summed E-state index contributed by atoms with van der Waals surface area (Å²) in [6.45, 7) is 18.7. The van der Waals surface area contributed by atoms with Crippen LogP contribution in [-0.2, 0) is 35.4 Å². The lowest BCUT2D eigenvalue weighted by molar-refractivity contribution is 0.0336. The van der Waals surface area contributed by atoms with Crippen LogP contribution in [0, 0.1) is 13.8 Å². The minimum atomic E-state index is -0.411. The van der Waals surface area contributed by atoms with Gasteiger partial charge in [0.25, 0.3) is 0 Å². The van der Waals surface area contributed by atoms with E-state index in [9.17, 15) is 9.59 Å². The Bertz CT molecular complexity index is 1900. The predicted molar refractivity (Wildman–Crippen MR) is 200 cm³/mol. The van der Waals surface area contributed by atoms with Crippen LogP contribution in [0.3, 0.4) is 0 Å². The average molecular weight is 740 g/mol. The zero-order valence-corrected chi connectivity index (χ0v) is 30.8. The largest absolute Gasteiger partial charge is 0.491 e. The van der Waals surface area contributed by atoms with Crippen molar-refractivity contribution in [2.24, 2.45) is 0 Å². The van der Waals surface area contributed by atoms with Gasteiger partial charge in [0.2, 0.25) is 0 Å². The van der Waals surface area contributed by atoms with Gasteiger partial charge in [-0.1, -0.05) is 35.4 Å². The summed E-state index contributed by atoms with van der Waals surface area (Å²) in [6, 6.07) is 3.93. The minimum absolute atomic E-state index is 0.243. The molecule has 0 radical (unpaired) electrons. The first-order valence-electron chi connectivity index (χ1n) is 17.3. The van der Waals surface area contributed by atoms with E-state index in [2.05, 4.69) is 23.0 Å². The number of halogens is 2. The van der Waals surface area contributed by atoms with E-state index in [0.717, 1.165) is 59.2 Å². The smallest absolute Gasteiger partial charge is 0.341 e. The third kappa shape index (κ3) is 8.06. The fraction of sp³-hybridized carbons (Fsp3) is 0.436. The first-order valence-corrected chi connectivity index (χ1v) is 18.1. The third-order valence-corrected chi connectivity index (χ3v) is 10.3. The highest BCUT2D eigenvalue weighted by atomic mass is 35.5. The van der Waals surface area contributed by atoms with Gasteiger partial charge in [-0.15, -0.1) is 13.2 Å². The number of fused-ring (bicyclic) bond motifs is 2. The van der Waals surface area contributed by atoms with Crippen molar-refractivity contribution in [2.45, 2.75) is 46.2 Å². The standard InChI is InChI=1S/C39H44Cl2N2O8/c1-5-8-26-20-28-24(3)30(22-42-10-16-46-17-11-42)38(44)50-36(28)32(40)34(26)48-14-7-15-49-35-27(9-6-2)21-29-25(4)31(23-43-12-18-47-19-13-43)39(45)51-37(29)33(35)41/h5-6,20-21H,1-2,7-19,22-23H2,3-4H3. The monoisotopic (exact) mass is 738 g/mol. The van der Waals surface area contributed by atoms with Crippen LogP contribution in [-0.4, -0.2) is 75.6 Å². The van der Waals surface area contributed by atoms with E-state index in [-0.39, 0.29) is 23.3 Å². The molecule has 272 valence electrons. The molecule has 12 heteroatoms. The van der Waals surface area contributed by atoms with E-state index in [1.807, 2.05) is 26.0 Å². The molecule has 2 saturated heterocycles. The maximum absolute atomic E-state index is 13.2. The second-order valence-electron chi connectivity index (χ2n) is 12.9. The number of benzene rings is 2. The summed E-state index contributed by atoms with van der Waals surface area (Å²) in [5, 5.41) is 2.03. The Morgan fingerprint density at radius 1 is 0.706 bits per heavy atom. The van der Waals surface area contributed by atoms with Gasteiger partial charge in [-0.25, -0.2) is 9.59 Å². The van der Waals surface area contributed by atoms with Crippen LogP contribution >= 0.6 is 23.2 Å². The van der Waals surface area contributed by atoms with Crippen LogP contribution < -0.4 is 20.7 Å². The van der Waals surface area contributed by atoms with E-state index >= 15 is 0 Å². The zero-order chi connectivity index (χ0) is 36.1. The van der Waals surface area contributed by atoms with Crippen molar-refractivity contribution < 1.29 is 27.8 Å². The summed E-state index contributed by atoms with van der Waals surface area (Å²) in [5.41, 5.74) is 4.34. The fourth-order valence-corrected chi connectivity index (χ4v) is 7.33. The van der Waals surface area contributed by atoms with Gasteiger partial charge in [-0.3, -0.25) is 9.80 Å². The Morgan fingerprint density at radius 3 is 1.47 bits per heavy atom. The SMILES string of the molecule is C=CCc1cc2c(C)c(CN3CCOCC3)c(=O)oc2c(Cl)c1OCCCOc1c(CC=C)cc2c(C)c(CN3CCOCC3)c(=O)oc2c1Cl. The molecule has 0 spiro atoms. The predicted octanol–water partition coefficient (Wildman–Crippen LogP) is 6.79. The lowest BCUT2D eigenvalue weighted by Crippen LogP contribution is -2.37. The Labute approximate surface area is 307 Å². The van der Waals surface area contributed by atoms with Gasteiger partial charge in [-0.2, -0.15) is 0 Å². The first kappa shape index (κ1) is 37.1. The van der Waals surface area contributed by atoms with E-state index < -0.39 is 11.3 Å². The van der Waals surface area contributed by atoms with Gasteiger partial charge in [0.05, 0.1) is 50.8 Å². The van der Waals surface area contributed by atoms with Crippen molar-refractivity contribution in [3.05, 3.63) is 102 Å². The molecule has 2 aliphatic rings. The number of ether oxygens (including phenoxy) is 4. The van der Waals surface area contributed by atoms with Crippen LogP contribution in [0.1, 0.15) is 39.8 Å². The Kier molecular flexibility index (Phi) is 12.2. The number of aryl methyl sites for hydroxylation is 2. The molecule has 0 aliphatic carbocycles. The maximum atomic E-state index is 13.2. The molecule has 51 heavy (non-hydrogen) atoms. The fourth-order valence-electron chi connectivity index (χ4n) is 6.70. The summed E-state index contributed by atoms with van der Waals surface area (Å²) >= 11 is 13.8. The minimum Gasteiger partial charge on any atom is -0.491 e. The molecule has 0 bridgehead atoms. The first-order chi connectivity index (χ1) is 24.7. The zero-order valence-electron chi connectivity index (χ0n) is 29.2. The number of nitrogens with zero attached hydrogens (tertiary/aromatic N) is 2. The lowest BCUT2D eigenvalue weighted by atomic mass is 10.0. The van der Waals surface area contributed by atoms with Gasteiger partial charge < -0.3 is 27.8 Å². The molecular weight excluding hydrogens is 695 g/mol. The van der Waals surface area contributed by atoms with Crippen molar-refractivity contribution in [1.82, 2.24) is 9.80 Å². The van der Waals surface area contributed by atoms with Crippen molar-refractivity contribution in [2.75, 3.05) is 65.8 Å². The summed E-state index contributed by atoms with van der Waals surface area (Å²) in [6.07, 6.45) is 5.06. The molecule has 0 saturated carbocycles. The highest BCUT2D eigenvalue weighted by molar-refractivity contribution is 6.37. The maximum Gasteiger partial charge on any atom is 0.341 e. The Hall–Kier alpha value is -3.64. The normalized spacial score (nSPS) is 15.8. The van der Waals surface area contributed by atoms with Gasteiger partial charge in [0, 0.05) is 67.6 Å². The van der Waals surface area contributed by atoms with Crippen LogP contribution in [0.25, 0.3) is 21.9 Å². The molecule has 0 N–H and O–H groups in total. The van der Waals surface area contributed by atoms with Gasteiger partial charge >= 0.3 is 11.3 Å². The third-order valence-electron chi connectivity index (χ3n) is 9.58. The van der Waals surface area contributed by atoms with Crippen molar-refractivity contribution in [3.8, 4) is 11.5 Å². The molecule has 2 fully saturated rings. The summed E-state index contributed by atoms with van der Waals surface area (Å²) in [7, 11) is 0. The second kappa shape index (κ2) is 16.8. The second-order valence-corrected chi connectivity index (χ2v) is 13.7. The van der Waals surface area contributed by atoms with E-state index in [4.69, 9.17) is 51.0 Å². The van der Waals surface area contributed by atoms with Crippen LogP contribution in [0.5, 0.6) is 11.5 Å². The molecular formula is C39H44Cl2N2O8. The van der Waals surface area contributed by atoms with Crippen molar-refractivity contribution in [3.63, 3.8) is 0 Å². The van der Waals surface area contributed by atoms with Crippen LogP contribution in [0.4, 0.5) is 0 Å². The van der Waals surface area contributed by atoms with Crippen LogP contribution in [0.15, 0.2) is 55.9 Å². The number of allylic oxidation sites excluding steroid dienone is 2. The number of hydrogen-bond donors (Lipinski definition) is 0. The molecule has 4 heterocycles. The molecule has 2 aromatic heterocycles. The molecule has 2 aromatic carbocycles. The molecule has 0 unspecified atom stereocenters. The number of rotatable bonds is 14. The molecule has 6 rings (SSSR count). The molecule has 0 amide bonds. The lowest BCUT2D eigenvalue weighted by Gasteiger charge is -2.26. The van der Waals surface area contributed by atoms with E-state index in [1.54, 1.807) is 12.2 Å². The van der Waals surface area contributed by atoms with Crippen LogP contribution in [0.2, 0.25) is 10.0 Å². The summed E-state index contributed by atoms with van der Waals surface area (Å²) in [4.78, 5) is 30.7. The molecule has 2 aliphatic heterocycles. The Morgan fingerprint density at radius 2 is 1.10 bits per heavy atom. The highest BCUT2D eigenvalue weighted by Gasteiger charge is 2.24. The molecule has 10 nitrogen and oxygen atoms in total.